The van der Waals surface area contributed by atoms with Gasteiger partial charge in [0, 0.05) is 37.5 Å². The van der Waals surface area contributed by atoms with Gasteiger partial charge in [0.1, 0.15) is 10.7 Å². The number of amides is 1. The number of piperazine rings is 1. The molecule has 3 heterocycles. The van der Waals surface area contributed by atoms with Crippen molar-refractivity contribution in [3.63, 3.8) is 0 Å². The maximum absolute atomic E-state index is 12.8. The van der Waals surface area contributed by atoms with Crippen molar-refractivity contribution in [1.29, 1.82) is 0 Å². The van der Waals surface area contributed by atoms with Crippen LogP contribution in [-0.4, -0.2) is 51.9 Å². The molecule has 1 aliphatic heterocycles. The van der Waals surface area contributed by atoms with E-state index in [4.69, 9.17) is 4.98 Å². The molecule has 2 saturated carbocycles. The number of hydrogen-bond acceptors (Lipinski definition) is 5. The molecule has 1 saturated heterocycles. The molecular formula is C24H32N4O2S. The Morgan fingerprint density at radius 1 is 1.10 bits per heavy atom. The Morgan fingerprint density at radius 3 is 2.71 bits per heavy atom. The number of nitrogens with one attached hydrogen (secondary N) is 1. The van der Waals surface area contributed by atoms with Crippen LogP contribution in [0.2, 0.25) is 0 Å². The molecule has 6 nitrogen and oxygen atoms in total. The van der Waals surface area contributed by atoms with E-state index in [0.717, 1.165) is 73.3 Å². The first-order chi connectivity index (χ1) is 15.1. The Bertz CT molecular complexity index is 1050. The second-order valence-electron chi connectivity index (χ2n) is 10.2. The summed E-state index contributed by atoms with van der Waals surface area (Å²) in [4.78, 5) is 40.1. The van der Waals surface area contributed by atoms with Crippen LogP contribution >= 0.6 is 11.3 Å². The molecule has 2 aromatic heterocycles. The van der Waals surface area contributed by atoms with E-state index in [-0.39, 0.29) is 5.56 Å². The zero-order valence-electron chi connectivity index (χ0n) is 18.2. The number of nitrogens with zero attached hydrogens (tertiary/aromatic N) is 3. The number of carbonyl (C=O) groups excluding carboxylic acids is 1. The van der Waals surface area contributed by atoms with E-state index in [1.807, 2.05) is 0 Å². The highest BCUT2D eigenvalue weighted by atomic mass is 32.1. The summed E-state index contributed by atoms with van der Waals surface area (Å²) in [6, 6.07) is 0. The fourth-order valence-electron chi connectivity index (χ4n) is 6.63. The molecule has 166 valence electrons. The minimum Gasteiger partial charge on any atom is -0.340 e. The molecule has 0 aromatic carbocycles. The third-order valence-corrected chi connectivity index (χ3v) is 9.48. The van der Waals surface area contributed by atoms with Crippen molar-refractivity contribution >= 4 is 27.5 Å². The number of thiophene rings is 1. The van der Waals surface area contributed by atoms with Crippen molar-refractivity contribution in [2.45, 2.75) is 64.3 Å². The monoisotopic (exact) mass is 440 g/mol. The van der Waals surface area contributed by atoms with Gasteiger partial charge in [0.05, 0.1) is 11.9 Å². The number of carbonyl (C=O) groups is 1. The van der Waals surface area contributed by atoms with Crippen LogP contribution in [-0.2, 0) is 24.2 Å². The molecule has 1 N–H and O–H groups in total. The summed E-state index contributed by atoms with van der Waals surface area (Å²) in [6.07, 6.45) is 10.6. The van der Waals surface area contributed by atoms with Crippen LogP contribution < -0.4 is 5.56 Å². The summed E-state index contributed by atoms with van der Waals surface area (Å²) in [5, 5.41) is 0.833. The van der Waals surface area contributed by atoms with E-state index in [0.29, 0.717) is 18.4 Å². The number of H-pyrrole nitrogens is 1. The molecule has 6 rings (SSSR count). The highest BCUT2D eigenvalue weighted by molar-refractivity contribution is 7.18. The third kappa shape index (κ3) is 3.74. The number of hydrogen-bond donors (Lipinski definition) is 1. The van der Waals surface area contributed by atoms with E-state index in [2.05, 4.69) is 14.8 Å². The fraction of sp³-hybridized carbons (Fsp3) is 0.708. The Hall–Kier alpha value is -1.73. The molecule has 0 radical (unpaired) electrons. The standard InChI is InChI=1S/C24H32N4O2S/c29-21(13-17-12-15-5-6-16(17)11-15)28-9-7-27(8-10-28)14-20-25-23(30)22-18-3-1-2-4-19(18)31-24(22)26-20/h15-17H,1-14H2,(H,25,26,30). The van der Waals surface area contributed by atoms with Gasteiger partial charge in [0.15, 0.2) is 0 Å². The smallest absolute Gasteiger partial charge is 0.259 e. The van der Waals surface area contributed by atoms with Crippen molar-refractivity contribution in [2.24, 2.45) is 17.8 Å². The van der Waals surface area contributed by atoms with E-state index in [9.17, 15) is 9.59 Å². The number of rotatable bonds is 4. The third-order valence-electron chi connectivity index (χ3n) is 8.29. The van der Waals surface area contributed by atoms with E-state index >= 15 is 0 Å². The summed E-state index contributed by atoms with van der Waals surface area (Å²) in [5.74, 6) is 3.48. The Kier molecular flexibility index (Phi) is 5.14. The quantitative estimate of drug-likeness (QED) is 0.792. The van der Waals surface area contributed by atoms with Crippen LogP contribution in [0.4, 0.5) is 0 Å². The van der Waals surface area contributed by atoms with Crippen LogP contribution in [0.25, 0.3) is 10.2 Å². The Labute approximate surface area is 187 Å². The first kappa shape index (κ1) is 19.9. The summed E-state index contributed by atoms with van der Waals surface area (Å²) in [7, 11) is 0. The molecule has 31 heavy (non-hydrogen) atoms. The van der Waals surface area contributed by atoms with Gasteiger partial charge in [-0.3, -0.25) is 14.5 Å². The zero-order chi connectivity index (χ0) is 20.9. The van der Waals surface area contributed by atoms with Gasteiger partial charge in [-0.1, -0.05) is 6.42 Å². The van der Waals surface area contributed by atoms with Gasteiger partial charge in [-0.2, -0.15) is 0 Å². The average molecular weight is 441 g/mol. The zero-order valence-corrected chi connectivity index (χ0v) is 19.0. The molecule has 1 amide bonds. The minimum absolute atomic E-state index is 0.0269. The van der Waals surface area contributed by atoms with Crippen LogP contribution in [0, 0.1) is 17.8 Å². The predicted octanol–water partition coefficient (Wildman–Crippen LogP) is 3.33. The van der Waals surface area contributed by atoms with Crippen molar-refractivity contribution < 1.29 is 4.79 Å². The lowest BCUT2D eigenvalue weighted by atomic mass is 9.86. The molecule has 0 spiro atoms. The maximum Gasteiger partial charge on any atom is 0.259 e. The highest BCUT2D eigenvalue weighted by Gasteiger charge is 2.40. The SMILES string of the molecule is O=C(CC1CC2CCC1C2)N1CCN(Cc2nc3sc4c(c3c(=O)[nH]2)CCCC4)CC1. The number of fused-ring (bicyclic) bond motifs is 5. The van der Waals surface area contributed by atoms with Gasteiger partial charge in [-0.05, 0) is 68.3 Å². The molecule has 2 bridgehead atoms. The summed E-state index contributed by atoms with van der Waals surface area (Å²) < 4.78 is 0. The van der Waals surface area contributed by atoms with Gasteiger partial charge >= 0.3 is 0 Å². The fourth-order valence-corrected chi connectivity index (χ4v) is 7.91. The van der Waals surface area contributed by atoms with Crippen LogP contribution in [0.3, 0.4) is 0 Å². The van der Waals surface area contributed by atoms with Gasteiger partial charge in [0.25, 0.3) is 5.56 Å². The van der Waals surface area contributed by atoms with Gasteiger partial charge in [-0.15, -0.1) is 11.3 Å². The summed E-state index contributed by atoms with van der Waals surface area (Å²) >= 11 is 1.71. The number of aryl methyl sites for hydroxylation is 2. The molecule has 3 unspecified atom stereocenters. The normalized spacial score (nSPS) is 28.4. The first-order valence-corrected chi connectivity index (χ1v) is 13.0. The molecule has 3 fully saturated rings. The average Bonchev–Trinajstić information content (AvgIpc) is 3.48. The van der Waals surface area contributed by atoms with E-state index in [1.54, 1.807) is 11.3 Å². The summed E-state index contributed by atoms with van der Waals surface area (Å²) in [5.41, 5.74) is 1.27. The minimum atomic E-state index is 0.0269. The lowest BCUT2D eigenvalue weighted by molar-refractivity contribution is -0.134. The topological polar surface area (TPSA) is 69.3 Å². The van der Waals surface area contributed by atoms with Gasteiger partial charge in [-0.25, -0.2) is 4.98 Å². The van der Waals surface area contributed by atoms with E-state index < -0.39 is 0 Å². The van der Waals surface area contributed by atoms with Crippen LogP contribution in [0.1, 0.15) is 61.2 Å². The first-order valence-electron chi connectivity index (χ1n) is 12.2. The number of aromatic nitrogens is 2. The molecule has 4 aliphatic rings. The molecule has 3 aliphatic carbocycles. The summed E-state index contributed by atoms with van der Waals surface area (Å²) in [6.45, 7) is 3.94. The van der Waals surface area contributed by atoms with Crippen molar-refractivity contribution in [3.8, 4) is 0 Å². The van der Waals surface area contributed by atoms with Crippen molar-refractivity contribution in [3.05, 3.63) is 26.6 Å². The Balaban J connectivity index is 1.07. The Morgan fingerprint density at radius 2 is 1.94 bits per heavy atom. The molecule has 7 heteroatoms. The van der Waals surface area contributed by atoms with Crippen LogP contribution in [0.15, 0.2) is 4.79 Å². The van der Waals surface area contributed by atoms with Crippen LogP contribution in [0.5, 0.6) is 0 Å². The highest BCUT2D eigenvalue weighted by Crippen LogP contribution is 2.49. The van der Waals surface area contributed by atoms with Crippen molar-refractivity contribution in [2.75, 3.05) is 26.2 Å². The van der Waals surface area contributed by atoms with Gasteiger partial charge < -0.3 is 9.88 Å². The molecular weight excluding hydrogens is 408 g/mol. The van der Waals surface area contributed by atoms with E-state index in [1.165, 1.54) is 49.0 Å². The lowest BCUT2D eigenvalue weighted by Gasteiger charge is -2.35. The van der Waals surface area contributed by atoms with Crippen molar-refractivity contribution in [1.82, 2.24) is 19.8 Å². The maximum atomic E-state index is 12.8. The largest absolute Gasteiger partial charge is 0.340 e. The second-order valence-corrected chi connectivity index (χ2v) is 11.3. The molecule has 2 aromatic rings. The molecule has 3 atom stereocenters. The number of aromatic amines is 1. The second kappa shape index (κ2) is 8.00. The predicted molar refractivity (Wildman–Crippen MR) is 122 cm³/mol. The lowest BCUT2D eigenvalue weighted by Crippen LogP contribution is -2.49. The van der Waals surface area contributed by atoms with Gasteiger partial charge in [0.2, 0.25) is 5.91 Å².